The van der Waals surface area contributed by atoms with Crippen LogP contribution < -0.4 is 5.32 Å². The van der Waals surface area contributed by atoms with E-state index in [-0.39, 0.29) is 10.6 Å². The van der Waals surface area contributed by atoms with Gasteiger partial charge in [0.1, 0.15) is 0 Å². The molecule has 7 heteroatoms. The van der Waals surface area contributed by atoms with E-state index in [1.807, 2.05) is 18.2 Å². The maximum absolute atomic E-state index is 11.0. The number of rotatable bonds is 4. The fourth-order valence-electron chi connectivity index (χ4n) is 1.68. The maximum Gasteiger partial charge on any atom is 0.275 e. The topological polar surface area (TPSA) is 55.2 Å². The molecular weight excluding hydrogens is 456 g/mol. The average molecular weight is 465 g/mol. The van der Waals surface area contributed by atoms with Crippen molar-refractivity contribution < 1.29 is 4.92 Å². The van der Waals surface area contributed by atoms with Crippen molar-refractivity contribution in [2.45, 2.75) is 6.54 Å². The molecule has 104 valence electrons. The van der Waals surface area contributed by atoms with Gasteiger partial charge in [-0.05, 0) is 46.3 Å². The average Bonchev–Trinajstić information content (AvgIpc) is 2.40. The lowest BCUT2D eigenvalue weighted by atomic mass is 10.2. The Morgan fingerprint density at radius 3 is 2.40 bits per heavy atom. The second kappa shape index (κ2) is 6.69. The van der Waals surface area contributed by atoms with Crippen molar-refractivity contribution in [3.8, 4) is 0 Å². The van der Waals surface area contributed by atoms with Crippen LogP contribution in [0.4, 0.5) is 11.4 Å². The molecule has 2 rings (SSSR count). The number of anilines is 1. The highest BCUT2D eigenvalue weighted by molar-refractivity contribution is 9.11. The minimum atomic E-state index is -0.377. The Morgan fingerprint density at radius 2 is 1.70 bits per heavy atom. The normalized spacial score (nSPS) is 10.3. The number of nitro groups is 1. The summed E-state index contributed by atoms with van der Waals surface area (Å²) in [6.45, 7) is 0.374. The molecule has 0 bridgehead atoms. The lowest BCUT2D eigenvalue weighted by Crippen LogP contribution is -2.03. The minimum Gasteiger partial charge on any atom is -0.380 e. The first-order valence-corrected chi connectivity index (χ1v) is 7.97. The molecule has 0 heterocycles. The van der Waals surface area contributed by atoms with Gasteiger partial charge in [0, 0.05) is 37.3 Å². The van der Waals surface area contributed by atoms with Gasteiger partial charge < -0.3 is 5.32 Å². The highest BCUT2D eigenvalue weighted by Crippen LogP contribution is 2.28. The molecule has 0 unspecified atom stereocenters. The molecular formula is C13H9Br3N2O2. The first-order chi connectivity index (χ1) is 9.47. The molecule has 0 amide bonds. The van der Waals surface area contributed by atoms with Gasteiger partial charge in [-0.2, -0.15) is 0 Å². The molecule has 0 fully saturated rings. The molecule has 4 nitrogen and oxygen atoms in total. The van der Waals surface area contributed by atoms with E-state index in [1.54, 1.807) is 12.1 Å². The molecule has 0 aromatic heterocycles. The SMILES string of the molecule is O=[N+]([O-])c1cc(Br)ccc1CNc1cc(Br)ccc1Br. The van der Waals surface area contributed by atoms with Crippen molar-refractivity contribution >= 4 is 59.2 Å². The van der Waals surface area contributed by atoms with Gasteiger partial charge in [0.25, 0.3) is 5.69 Å². The number of nitrogens with zero attached hydrogens (tertiary/aromatic N) is 1. The zero-order valence-corrected chi connectivity index (χ0v) is 14.8. The number of nitro benzene ring substituents is 1. The summed E-state index contributed by atoms with van der Waals surface area (Å²) in [5.41, 5.74) is 1.60. The second-order valence-corrected chi connectivity index (χ2v) is 6.69. The van der Waals surface area contributed by atoms with Gasteiger partial charge in [-0.15, -0.1) is 0 Å². The van der Waals surface area contributed by atoms with Crippen LogP contribution in [-0.2, 0) is 6.54 Å². The quantitative estimate of drug-likeness (QED) is 0.480. The summed E-state index contributed by atoms with van der Waals surface area (Å²) in [5.74, 6) is 0. The van der Waals surface area contributed by atoms with E-state index < -0.39 is 0 Å². The van der Waals surface area contributed by atoms with Crippen LogP contribution >= 0.6 is 47.8 Å². The molecule has 0 aliphatic carbocycles. The molecule has 0 atom stereocenters. The van der Waals surface area contributed by atoms with Crippen LogP contribution in [0.25, 0.3) is 0 Å². The molecule has 1 N–H and O–H groups in total. The van der Waals surface area contributed by atoms with Crippen molar-refractivity contribution in [1.82, 2.24) is 0 Å². The lowest BCUT2D eigenvalue weighted by Gasteiger charge is -2.09. The molecule has 2 aromatic rings. The van der Waals surface area contributed by atoms with Crippen LogP contribution in [0.2, 0.25) is 0 Å². The molecule has 0 saturated carbocycles. The third-order valence-corrected chi connectivity index (χ3v) is 4.32. The predicted molar refractivity (Wildman–Crippen MR) is 90.0 cm³/mol. The predicted octanol–water partition coefficient (Wildman–Crippen LogP) is 5.49. The van der Waals surface area contributed by atoms with Crippen molar-refractivity contribution in [2.75, 3.05) is 5.32 Å². The zero-order chi connectivity index (χ0) is 14.7. The minimum absolute atomic E-state index is 0.0954. The fourth-order valence-corrected chi connectivity index (χ4v) is 2.78. The molecule has 2 aromatic carbocycles. The number of nitrogens with one attached hydrogen (secondary N) is 1. The van der Waals surface area contributed by atoms with Crippen LogP contribution in [0.3, 0.4) is 0 Å². The summed E-state index contributed by atoms with van der Waals surface area (Å²) in [6.07, 6.45) is 0. The number of hydrogen-bond acceptors (Lipinski definition) is 3. The first kappa shape index (κ1) is 15.5. The second-order valence-electron chi connectivity index (χ2n) is 4.01. The monoisotopic (exact) mass is 462 g/mol. The number of halogens is 3. The third kappa shape index (κ3) is 3.80. The highest BCUT2D eigenvalue weighted by atomic mass is 79.9. The molecule has 0 saturated heterocycles. The van der Waals surface area contributed by atoms with Gasteiger partial charge in [-0.25, -0.2) is 0 Å². The number of hydrogen-bond donors (Lipinski definition) is 1. The summed E-state index contributed by atoms with van der Waals surface area (Å²) >= 11 is 10.1. The molecule has 0 aliphatic rings. The van der Waals surface area contributed by atoms with Crippen molar-refractivity contribution in [2.24, 2.45) is 0 Å². The van der Waals surface area contributed by atoms with E-state index in [9.17, 15) is 10.1 Å². The van der Waals surface area contributed by atoms with E-state index in [0.29, 0.717) is 16.6 Å². The van der Waals surface area contributed by atoms with Crippen molar-refractivity contribution in [1.29, 1.82) is 0 Å². The van der Waals surface area contributed by atoms with Crippen LogP contribution in [0, 0.1) is 10.1 Å². The van der Waals surface area contributed by atoms with Crippen LogP contribution in [0.5, 0.6) is 0 Å². The Labute approximate surface area is 141 Å². The molecule has 0 aliphatic heterocycles. The smallest absolute Gasteiger partial charge is 0.275 e. The van der Waals surface area contributed by atoms with E-state index in [4.69, 9.17) is 0 Å². The largest absolute Gasteiger partial charge is 0.380 e. The van der Waals surface area contributed by atoms with Crippen LogP contribution in [0.15, 0.2) is 49.8 Å². The Morgan fingerprint density at radius 1 is 1.05 bits per heavy atom. The summed E-state index contributed by atoms with van der Waals surface area (Å²) < 4.78 is 2.53. The standard InChI is InChI=1S/C13H9Br3N2O2/c14-9-3-4-11(16)12(5-9)17-7-8-1-2-10(15)6-13(8)18(19)20/h1-6,17H,7H2. The summed E-state index contributed by atoms with van der Waals surface area (Å²) in [4.78, 5) is 10.7. The van der Waals surface area contributed by atoms with Crippen molar-refractivity contribution in [3.05, 3.63) is 65.5 Å². The molecule has 20 heavy (non-hydrogen) atoms. The van der Waals surface area contributed by atoms with E-state index in [2.05, 4.69) is 53.1 Å². The number of benzene rings is 2. The maximum atomic E-state index is 11.0. The summed E-state index contributed by atoms with van der Waals surface area (Å²) in [5, 5.41) is 14.2. The van der Waals surface area contributed by atoms with Crippen molar-refractivity contribution in [3.63, 3.8) is 0 Å². The van der Waals surface area contributed by atoms with Gasteiger partial charge in [-0.1, -0.05) is 31.9 Å². The van der Waals surface area contributed by atoms with E-state index in [1.165, 1.54) is 6.07 Å². The third-order valence-electron chi connectivity index (χ3n) is 2.64. The lowest BCUT2D eigenvalue weighted by molar-refractivity contribution is -0.385. The Bertz CT molecular complexity index is 662. The van der Waals surface area contributed by atoms with Gasteiger partial charge in [0.2, 0.25) is 0 Å². The van der Waals surface area contributed by atoms with E-state index >= 15 is 0 Å². The van der Waals surface area contributed by atoms with Crippen LogP contribution in [0.1, 0.15) is 5.56 Å². The van der Waals surface area contributed by atoms with E-state index in [0.717, 1.165) is 14.6 Å². The van der Waals surface area contributed by atoms with Gasteiger partial charge >= 0.3 is 0 Å². The Hall–Kier alpha value is -0.920. The van der Waals surface area contributed by atoms with Gasteiger partial charge in [0.15, 0.2) is 0 Å². The van der Waals surface area contributed by atoms with Gasteiger partial charge in [-0.3, -0.25) is 10.1 Å². The van der Waals surface area contributed by atoms with Crippen LogP contribution in [-0.4, -0.2) is 4.92 Å². The zero-order valence-electron chi connectivity index (χ0n) is 10.1. The molecule has 0 spiro atoms. The first-order valence-electron chi connectivity index (χ1n) is 5.59. The van der Waals surface area contributed by atoms with Gasteiger partial charge in [0.05, 0.1) is 4.92 Å². The summed E-state index contributed by atoms with van der Waals surface area (Å²) in [6, 6.07) is 10.8. The highest BCUT2D eigenvalue weighted by Gasteiger charge is 2.14. The Balaban J connectivity index is 2.23. The summed E-state index contributed by atoms with van der Waals surface area (Å²) in [7, 11) is 0. The molecule has 0 radical (unpaired) electrons. The Kier molecular flexibility index (Phi) is 5.17. The fraction of sp³-hybridized carbons (Fsp3) is 0.0769.